The van der Waals surface area contributed by atoms with Gasteiger partial charge in [-0.15, -0.1) is 0 Å². The Hall–Kier alpha value is -0.770. The summed E-state index contributed by atoms with van der Waals surface area (Å²) >= 11 is 0. The van der Waals surface area contributed by atoms with Crippen molar-refractivity contribution in [2.45, 2.75) is 45.2 Å². The molecule has 4 heteroatoms. The van der Waals surface area contributed by atoms with Gasteiger partial charge in [-0.1, -0.05) is 13.8 Å². The van der Waals surface area contributed by atoms with Gasteiger partial charge in [0, 0.05) is 12.6 Å². The number of rotatable bonds is 4. The molecule has 0 bridgehead atoms. The fraction of sp³-hybridized carbons (Fsp3) is 0.900. The summed E-state index contributed by atoms with van der Waals surface area (Å²) in [6, 6.07) is 0.427. The minimum absolute atomic E-state index is 0.0609. The summed E-state index contributed by atoms with van der Waals surface area (Å²) in [7, 11) is 0. The van der Waals surface area contributed by atoms with Crippen LogP contribution in [0.2, 0.25) is 0 Å². The van der Waals surface area contributed by atoms with E-state index in [1.165, 1.54) is 0 Å². The van der Waals surface area contributed by atoms with Crippen LogP contribution in [0.4, 0.5) is 4.79 Å². The molecule has 1 rings (SSSR count). The molecular weight excluding hydrogens is 180 g/mol. The molecule has 14 heavy (non-hydrogen) atoms. The molecule has 0 saturated carbocycles. The van der Waals surface area contributed by atoms with Crippen LogP contribution in [-0.4, -0.2) is 31.3 Å². The third kappa shape index (κ3) is 3.54. The maximum atomic E-state index is 11.4. The van der Waals surface area contributed by atoms with Crippen molar-refractivity contribution in [2.24, 2.45) is 0 Å². The molecule has 0 radical (unpaired) electrons. The molecule has 1 saturated heterocycles. The Balaban J connectivity index is 2.20. The quantitative estimate of drug-likeness (QED) is 0.718. The zero-order chi connectivity index (χ0) is 10.4. The predicted octanol–water partition coefficient (Wildman–Crippen LogP) is 1.26. The monoisotopic (exact) mass is 200 g/mol. The van der Waals surface area contributed by atoms with Gasteiger partial charge in [0.05, 0.1) is 12.6 Å². The molecule has 4 nitrogen and oxygen atoms in total. The Morgan fingerprint density at radius 2 is 2.21 bits per heavy atom. The molecule has 0 aromatic carbocycles. The maximum absolute atomic E-state index is 11.4. The average molecular weight is 200 g/mol. The molecule has 0 aromatic rings. The van der Waals surface area contributed by atoms with E-state index in [2.05, 4.69) is 24.5 Å². The zero-order valence-electron chi connectivity index (χ0n) is 9.01. The molecule has 1 fully saturated rings. The second-order valence-corrected chi connectivity index (χ2v) is 3.69. The highest BCUT2D eigenvalue weighted by molar-refractivity contribution is 5.74. The Morgan fingerprint density at radius 3 is 2.71 bits per heavy atom. The van der Waals surface area contributed by atoms with Gasteiger partial charge >= 0.3 is 6.03 Å². The molecule has 1 heterocycles. The SMILES string of the molecule is CCC(CC)NC(=O)NC1CCOC1. The van der Waals surface area contributed by atoms with Crippen LogP contribution in [0.25, 0.3) is 0 Å². The van der Waals surface area contributed by atoms with Crippen LogP contribution in [0.3, 0.4) is 0 Å². The van der Waals surface area contributed by atoms with Crippen LogP contribution >= 0.6 is 0 Å². The van der Waals surface area contributed by atoms with Crippen molar-refractivity contribution in [3.8, 4) is 0 Å². The Bertz CT molecular complexity index is 169. The second-order valence-electron chi connectivity index (χ2n) is 3.69. The number of carbonyl (C=O) groups is 1. The van der Waals surface area contributed by atoms with Gasteiger partial charge < -0.3 is 15.4 Å². The van der Waals surface area contributed by atoms with E-state index < -0.39 is 0 Å². The number of nitrogens with one attached hydrogen (secondary N) is 2. The standard InChI is InChI=1S/C10H20N2O2/c1-3-8(4-2)11-10(13)12-9-5-6-14-7-9/h8-9H,3-7H2,1-2H3,(H2,11,12,13). The summed E-state index contributed by atoms with van der Waals surface area (Å²) in [5, 5.41) is 5.84. The summed E-state index contributed by atoms with van der Waals surface area (Å²) < 4.78 is 5.17. The molecular formula is C10H20N2O2. The summed E-state index contributed by atoms with van der Waals surface area (Å²) in [6.45, 7) is 5.56. The van der Waals surface area contributed by atoms with E-state index in [-0.39, 0.29) is 18.1 Å². The van der Waals surface area contributed by atoms with Gasteiger partial charge in [0.15, 0.2) is 0 Å². The second kappa shape index (κ2) is 5.86. The molecule has 0 spiro atoms. The molecule has 2 N–H and O–H groups in total. The van der Waals surface area contributed by atoms with Crippen LogP contribution in [0.5, 0.6) is 0 Å². The lowest BCUT2D eigenvalue weighted by Gasteiger charge is -2.17. The van der Waals surface area contributed by atoms with E-state index >= 15 is 0 Å². The molecule has 1 unspecified atom stereocenters. The van der Waals surface area contributed by atoms with E-state index in [0.29, 0.717) is 6.61 Å². The normalized spacial score (nSPS) is 21.2. The molecule has 0 aromatic heterocycles. The zero-order valence-corrected chi connectivity index (χ0v) is 9.01. The molecule has 82 valence electrons. The minimum Gasteiger partial charge on any atom is -0.379 e. The highest BCUT2D eigenvalue weighted by Gasteiger charge is 2.18. The van der Waals surface area contributed by atoms with Crippen molar-refractivity contribution in [3.63, 3.8) is 0 Å². The molecule has 2 amide bonds. The number of amides is 2. The summed E-state index contributed by atoms with van der Waals surface area (Å²) in [4.78, 5) is 11.4. The van der Waals surface area contributed by atoms with Gasteiger partial charge in [-0.05, 0) is 19.3 Å². The average Bonchev–Trinajstić information content (AvgIpc) is 2.66. The number of hydrogen-bond donors (Lipinski definition) is 2. The number of carbonyl (C=O) groups excluding carboxylic acids is 1. The predicted molar refractivity (Wildman–Crippen MR) is 55.3 cm³/mol. The van der Waals surface area contributed by atoms with Gasteiger partial charge in [0.2, 0.25) is 0 Å². The topological polar surface area (TPSA) is 50.4 Å². The van der Waals surface area contributed by atoms with E-state index in [4.69, 9.17) is 4.74 Å². The third-order valence-electron chi connectivity index (χ3n) is 2.59. The highest BCUT2D eigenvalue weighted by atomic mass is 16.5. The van der Waals surface area contributed by atoms with Crippen molar-refractivity contribution in [2.75, 3.05) is 13.2 Å². The summed E-state index contributed by atoms with van der Waals surface area (Å²) in [5.74, 6) is 0. The van der Waals surface area contributed by atoms with E-state index in [9.17, 15) is 4.79 Å². The number of urea groups is 1. The fourth-order valence-electron chi connectivity index (χ4n) is 1.55. The Kier molecular flexibility index (Phi) is 4.73. The van der Waals surface area contributed by atoms with E-state index in [1.54, 1.807) is 0 Å². The highest BCUT2D eigenvalue weighted by Crippen LogP contribution is 2.03. The fourth-order valence-corrected chi connectivity index (χ4v) is 1.55. The first-order valence-corrected chi connectivity index (χ1v) is 5.41. The van der Waals surface area contributed by atoms with Crippen molar-refractivity contribution in [3.05, 3.63) is 0 Å². The first-order valence-electron chi connectivity index (χ1n) is 5.41. The first kappa shape index (κ1) is 11.3. The first-order chi connectivity index (χ1) is 6.76. The summed E-state index contributed by atoms with van der Waals surface area (Å²) in [6.07, 6.45) is 2.88. The van der Waals surface area contributed by atoms with E-state index in [1.807, 2.05) is 0 Å². The lowest BCUT2D eigenvalue weighted by atomic mass is 10.2. The third-order valence-corrected chi connectivity index (χ3v) is 2.59. The van der Waals surface area contributed by atoms with Gasteiger partial charge in [-0.2, -0.15) is 0 Å². The van der Waals surface area contributed by atoms with Crippen molar-refractivity contribution in [1.82, 2.24) is 10.6 Å². The largest absolute Gasteiger partial charge is 0.379 e. The van der Waals surface area contributed by atoms with Crippen LogP contribution in [0, 0.1) is 0 Å². The molecule has 1 aliphatic rings. The van der Waals surface area contributed by atoms with Crippen LogP contribution in [-0.2, 0) is 4.74 Å². The molecule has 1 atom stereocenters. The Labute approximate surface area is 85.4 Å². The Morgan fingerprint density at radius 1 is 1.50 bits per heavy atom. The van der Waals surface area contributed by atoms with Crippen LogP contribution in [0.1, 0.15) is 33.1 Å². The lowest BCUT2D eigenvalue weighted by Crippen LogP contribution is -2.46. The van der Waals surface area contributed by atoms with Crippen molar-refractivity contribution in [1.29, 1.82) is 0 Å². The summed E-state index contributed by atoms with van der Waals surface area (Å²) in [5.41, 5.74) is 0. The van der Waals surface area contributed by atoms with Gasteiger partial charge in [0.1, 0.15) is 0 Å². The smallest absolute Gasteiger partial charge is 0.315 e. The van der Waals surface area contributed by atoms with E-state index in [0.717, 1.165) is 25.9 Å². The molecule has 1 aliphatic heterocycles. The maximum Gasteiger partial charge on any atom is 0.315 e. The van der Waals surface area contributed by atoms with Crippen LogP contribution < -0.4 is 10.6 Å². The number of ether oxygens (including phenoxy) is 1. The van der Waals surface area contributed by atoms with Crippen LogP contribution in [0.15, 0.2) is 0 Å². The van der Waals surface area contributed by atoms with Gasteiger partial charge in [-0.3, -0.25) is 0 Å². The van der Waals surface area contributed by atoms with Gasteiger partial charge in [-0.25, -0.2) is 4.79 Å². The van der Waals surface area contributed by atoms with Crippen molar-refractivity contribution < 1.29 is 9.53 Å². The van der Waals surface area contributed by atoms with Crippen molar-refractivity contribution >= 4 is 6.03 Å². The minimum atomic E-state index is -0.0609. The number of hydrogen-bond acceptors (Lipinski definition) is 2. The lowest BCUT2D eigenvalue weighted by molar-refractivity contribution is 0.188. The molecule has 0 aliphatic carbocycles. The van der Waals surface area contributed by atoms with Gasteiger partial charge in [0.25, 0.3) is 0 Å².